The van der Waals surface area contributed by atoms with Crippen LogP contribution in [0.4, 0.5) is 0 Å². The van der Waals surface area contributed by atoms with Crippen molar-refractivity contribution < 1.29 is 9.53 Å². The van der Waals surface area contributed by atoms with Gasteiger partial charge in [-0.15, -0.1) is 0 Å². The molecule has 12 heavy (non-hydrogen) atoms. The molecule has 0 aromatic heterocycles. The van der Waals surface area contributed by atoms with Gasteiger partial charge in [0.1, 0.15) is 0 Å². The predicted molar refractivity (Wildman–Crippen MR) is 45.3 cm³/mol. The summed E-state index contributed by atoms with van der Waals surface area (Å²) in [7, 11) is 1.47. The molecule has 0 saturated heterocycles. The number of nitrogens with zero attached hydrogens (tertiary/aromatic N) is 1. The first-order chi connectivity index (χ1) is 5.84. The Hall–Kier alpha value is -1.04. The van der Waals surface area contributed by atoms with E-state index in [0.29, 0.717) is 0 Å². The third-order valence-corrected chi connectivity index (χ3v) is 2.14. The molecule has 0 spiro atoms. The summed E-state index contributed by atoms with van der Waals surface area (Å²) >= 11 is 0. The molecule has 0 amide bonds. The minimum absolute atomic E-state index is 0.0142. The largest absolute Gasteiger partial charge is 0.469 e. The van der Waals surface area contributed by atoms with Crippen LogP contribution in [-0.2, 0) is 9.53 Å². The molecule has 3 nitrogen and oxygen atoms in total. The van der Waals surface area contributed by atoms with Crippen molar-refractivity contribution in [3.8, 4) is 6.57 Å². The van der Waals surface area contributed by atoms with Crippen molar-refractivity contribution >= 4 is 5.97 Å². The van der Waals surface area contributed by atoms with Gasteiger partial charge in [0.05, 0.1) is 13.0 Å². The number of esters is 1. The van der Waals surface area contributed by atoms with Crippen LogP contribution in [0.1, 0.15) is 32.1 Å². The Bertz CT molecular complexity index is 148. The van der Waals surface area contributed by atoms with Gasteiger partial charge in [-0.25, -0.2) is 5.26 Å². The van der Waals surface area contributed by atoms with E-state index < -0.39 is 0 Å². The molecule has 3 heteroatoms. The van der Waals surface area contributed by atoms with Gasteiger partial charge in [0.25, 0.3) is 0 Å². The van der Waals surface area contributed by atoms with Gasteiger partial charge >= 0.3 is 5.97 Å². The van der Waals surface area contributed by atoms with E-state index in [0.717, 1.165) is 12.8 Å². The van der Waals surface area contributed by atoms with Crippen LogP contribution in [0.2, 0.25) is 0 Å². The minimum atomic E-state index is -0.0142. The smallest absolute Gasteiger partial charge is 0.308 e. The summed E-state index contributed by atoms with van der Waals surface area (Å²) in [6, 6.07) is 0. The molecule has 0 aromatic rings. The Morgan fingerprint density at radius 1 is 1.33 bits per heavy atom. The average Bonchev–Trinajstić information content (AvgIpc) is 2.21. The monoisotopic (exact) mass is 169 g/mol. The number of hydrogen-bond donors (Lipinski definition) is 0. The minimum Gasteiger partial charge on any atom is -0.469 e. The molecule has 1 fully saturated rings. The fourth-order valence-electron chi connectivity index (χ4n) is 1.50. The zero-order chi connectivity index (χ0) is 9.40. The average molecular weight is 169 g/mol. The van der Waals surface area contributed by atoms with Crippen LogP contribution in [0.5, 0.6) is 0 Å². The fourth-order valence-corrected chi connectivity index (χ4v) is 1.50. The molecule has 0 unspecified atom stereocenters. The summed E-state index contributed by atoms with van der Waals surface area (Å²) in [6.45, 7) is 3.50. The second kappa shape index (κ2) is 6.66. The van der Waals surface area contributed by atoms with Crippen LogP contribution in [0.3, 0.4) is 0 Å². The Morgan fingerprint density at radius 2 is 1.83 bits per heavy atom. The van der Waals surface area contributed by atoms with E-state index in [2.05, 4.69) is 11.3 Å². The normalized spacial score (nSPS) is 17.2. The molecule has 0 aromatic carbocycles. The Balaban J connectivity index is 0.000000561. The second-order valence-electron chi connectivity index (χ2n) is 2.86. The van der Waals surface area contributed by atoms with Crippen molar-refractivity contribution in [1.82, 2.24) is 0 Å². The number of nitriles is 1. The van der Waals surface area contributed by atoms with Crippen molar-refractivity contribution in [2.75, 3.05) is 7.11 Å². The van der Waals surface area contributed by atoms with Crippen molar-refractivity contribution in [2.24, 2.45) is 5.92 Å². The molecule has 0 atom stereocenters. The van der Waals surface area contributed by atoms with Gasteiger partial charge in [-0.1, -0.05) is 19.3 Å². The topological polar surface area (TPSA) is 50.1 Å². The quantitative estimate of drug-likeness (QED) is 0.563. The molecule has 0 aliphatic heterocycles. The molecule has 1 saturated carbocycles. The van der Waals surface area contributed by atoms with Crippen molar-refractivity contribution in [1.29, 1.82) is 5.26 Å². The van der Waals surface area contributed by atoms with Gasteiger partial charge in [-0.3, -0.25) is 4.79 Å². The van der Waals surface area contributed by atoms with Gasteiger partial charge in [0, 0.05) is 6.57 Å². The highest BCUT2D eigenvalue weighted by molar-refractivity contribution is 5.72. The van der Waals surface area contributed by atoms with Crippen molar-refractivity contribution in [3.05, 3.63) is 0 Å². The zero-order valence-corrected chi connectivity index (χ0v) is 7.45. The maximum Gasteiger partial charge on any atom is 0.308 e. The van der Waals surface area contributed by atoms with E-state index in [4.69, 9.17) is 5.26 Å². The lowest BCUT2D eigenvalue weighted by Crippen LogP contribution is -2.18. The van der Waals surface area contributed by atoms with E-state index >= 15 is 0 Å². The summed E-state index contributed by atoms with van der Waals surface area (Å²) in [5.41, 5.74) is 0. The lowest BCUT2D eigenvalue weighted by molar-refractivity contribution is -0.146. The predicted octanol–water partition coefficient (Wildman–Crippen LogP) is 1.88. The van der Waals surface area contributed by atoms with Crippen LogP contribution >= 0.6 is 0 Å². The fraction of sp³-hybridized carbons (Fsp3) is 0.778. The molecule has 1 rings (SSSR count). The van der Waals surface area contributed by atoms with E-state index in [-0.39, 0.29) is 11.9 Å². The highest BCUT2D eigenvalue weighted by atomic mass is 16.5. The molecule has 0 bridgehead atoms. The second-order valence-corrected chi connectivity index (χ2v) is 2.86. The summed E-state index contributed by atoms with van der Waals surface area (Å²) in [5.74, 6) is 0.193. The summed E-state index contributed by atoms with van der Waals surface area (Å²) < 4.78 is 4.65. The first-order valence-corrected chi connectivity index (χ1v) is 4.18. The summed E-state index contributed by atoms with van der Waals surface area (Å²) in [5, 5.41) is 6.50. The van der Waals surface area contributed by atoms with Crippen LogP contribution in [0.15, 0.2) is 0 Å². The van der Waals surface area contributed by atoms with Gasteiger partial charge in [-0.2, -0.15) is 0 Å². The van der Waals surface area contributed by atoms with Crippen LogP contribution < -0.4 is 0 Å². The van der Waals surface area contributed by atoms with E-state index in [9.17, 15) is 4.79 Å². The molecule has 68 valence electrons. The third-order valence-electron chi connectivity index (χ3n) is 2.14. The molecular formula is C9H15NO2. The Kier molecular flexibility index (Phi) is 6.08. The van der Waals surface area contributed by atoms with Crippen LogP contribution in [0, 0.1) is 17.8 Å². The number of hydrogen-bond acceptors (Lipinski definition) is 3. The summed E-state index contributed by atoms with van der Waals surface area (Å²) in [6.07, 6.45) is 5.74. The molecule has 1 aliphatic rings. The standard InChI is InChI=1S/C8H14O2.CHN/c1-10-8(9)7-5-3-2-4-6-7;1-2/h7H,2-6H2,1H3;1H. The zero-order valence-electron chi connectivity index (χ0n) is 7.45. The SMILES string of the molecule is C#N.COC(=O)C1CCCCC1. The highest BCUT2D eigenvalue weighted by Gasteiger charge is 2.20. The van der Waals surface area contributed by atoms with Crippen molar-refractivity contribution in [3.63, 3.8) is 0 Å². The van der Waals surface area contributed by atoms with E-state index in [1.54, 1.807) is 0 Å². The Labute approximate surface area is 73.3 Å². The van der Waals surface area contributed by atoms with E-state index in [1.165, 1.54) is 26.4 Å². The van der Waals surface area contributed by atoms with Crippen LogP contribution in [0.25, 0.3) is 0 Å². The molecule has 0 N–H and O–H groups in total. The Morgan fingerprint density at radius 3 is 2.25 bits per heavy atom. The number of ether oxygens (including phenoxy) is 1. The molecule has 0 heterocycles. The van der Waals surface area contributed by atoms with Crippen molar-refractivity contribution in [2.45, 2.75) is 32.1 Å². The van der Waals surface area contributed by atoms with Gasteiger partial charge in [0.2, 0.25) is 0 Å². The van der Waals surface area contributed by atoms with Crippen LogP contribution in [-0.4, -0.2) is 13.1 Å². The third kappa shape index (κ3) is 3.38. The number of methoxy groups -OCH3 is 1. The molecule has 1 aliphatic carbocycles. The first kappa shape index (κ1) is 11.0. The molecule has 0 radical (unpaired) electrons. The lowest BCUT2D eigenvalue weighted by atomic mass is 9.89. The summed E-state index contributed by atoms with van der Waals surface area (Å²) in [4.78, 5) is 10.9. The highest BCUT2D eigenvalue weighted by Crippen LogP contribution is 2.24. The van der Waals surface area contributed by atoms with Gasteiger partial charge < -0.3 is 4.74 Å². The first-order valence-electron chi connectivity index (χ1n) is 4.18. The molecular weight excluding hydrogens is 154 g/mol. The maximum absolute atomic E-state index is 10.9. The van der Waals surface area contributed by atoms with E-state index in [1.807, 2.05) is 0 Å². The number of rotatable bonds is 1. The number of carbonyl (C=O) groups is 1. The number of carbonyl (C=O) groups excluding carboxylic acids is 1. The maximum atomic E-state index is 10.9. The van der Waals surface area contributed by atoms with Gasteiger partial charge in [0.15, 0.2) is 0 Å². The lowest BCUT2D eigenvalue weighted by Gasteiger charge is -2.18. The van der Waals surface area contributed by atoms with Gasteiger partial charge in [-0.05, 0) is 12.8 Å².